The van der Waals surface area contributed by atoms with Crippen LogP contribution < -0.4 is 4.74 Å². The van der Waals surface area contributed by atoms with Gasteiger partial charge in [-0.15, -0.1) is 0 Å². The lowest BCUT2D eigenvalue weighted by Crippen LogP contribution is -2.23. The van der Waals surface area contributed by atoms with E-state index >= 15 is 0 Å². The molecule has 0 amide bonds. The predicted molar refractivity (Wildman–Crippen MR) is 116 cm³/mol. The number of aromatic nitrogens is 1. The first-order valence-corrected chi connectivity index (χ1v) is 10.1. The molecule has 1 aromatic heterocycles. The van der Waals surface area contributed by atoms with Crippen LogP contribution in [0.1, 0.15) is 33.1 Å². The van der Waals surface area contributed by atoms with Crippen molar-refractivity contribution in [1.82, 2.24) is 4.98 Å². The number of hydrogen-bond acceptors (Lipinski definition) is 3. The summed E-state index contributed by atoms with van der Waals surface area (Å²) in [5.74, 6) is -0.709. The Morgan fingerprint density at radius 2 is 1.70 bits per heavy atom. The first-order chi connectivity index (χ1) is 14.4. The number of carbonyl (C=O) groups is 1. The van der Waals surface area contributed by atoms with Crippen LogP contribution in [0.3, 0.4) is 0 Å². The van der Waals surface area contributed by atoms with Gasteiger partial charge in [-0.1, -0.05) is 42.5 Å². The Labute approximate surface area is 176 Å². The average Bonchev–Trinajstić information content (AvgIpc) is 2.74. The number of benzene rings is 2. The smallest absolute Gasteiger partial charge is 0.309 e. The van der Waals surface area contributed by atoms with Crippen LogP contribution in [0.15, 0.2) is 66.7 Å². The van der Waals surface area contributed by atoms with Gasteiger partial charge in [0.05, 0.1) is 17.7 Å². The Morgan fingerprint density at radius 1 is 1.00 bits per heavy atom. The number of carboxylic acids is 1. The van der Waals surface area contributed by atoms with E-state index in [2.05, 4.69) is 4.98 Å². The molecule has 0 bridgehead atoms. The fraction of sp³-hybridized carbons (Fsp3) is 0.280. The summed E-state index contributed by atoms with van der Waals surface area (Å²) in [7, 11) is 0. The van der Waals surface area contributed by atoms with Crippen molar-refractivity contribution >= 4 is 5.97 Å². The number of halogens is 1. The number of unbranched alkanes of at least 4 members (excludes halogenated alkanes) is 1. The van der Waals surface area contributed by atoms with E-state index in [-0.39, 0.29) is 5.82 Å². The molecular weight excluding hydrogens is 381 g/mol. The molecule has 1 N–H and O–H groups in total. The summed E-state index contributed by atoms with van der Waals surface area (Å²) < 4.78 is 20.2. The Balaban J connectivity index is 1.78. The zero-order valence-corrected chi connectivity index (χ0v) is 17.3. The van der Waals surface area contributed by atoms with Gasteiger partial charge in [-0.25, -0.2) is 9.37 Å². The van der Waals surface area contributed by atoms with Gasteiger partial charge in [0.25, 0.3) is 0 Å². The van der Waals surface area contributed by atoms with E-state index < -0.39 is 11.4 Å². The summed E-state index contributed by atoms with van der Waals surface area (Å²) in [6, 6.07) is 20.1. The van der Waals surface area contributed by atoms with E-state index in [0.29, 0.717) is 36.6 Å². The molecule has 0 spiro atoms. The molecule has 0 saturated carbocycles. The van der Waals surface area contributed by atoms with Crippen molar-refractivity contribution < 1.29 is 19.0 Å². The third-order valence-electron chi connectivity index (χ3n) is 5.08. The fourth-order valence-corrected chi connectivity index (χ4v) is 3.14. The van der Waals surface area contributed by atoms with Crippen molar-refractivity contribution in [2.75, 3.05) is 6.61 Å². The minimum Gasteiger partial charge on any atom is -0.481 e. The second kappa shape index (κ2) is 9.53. The van der Waals surface area contributed by atoms with Crippen molar-refractivity contribution in [3.05, 3.63) is 72.5 Å². The largest absolute Gasteiger partial charge is 0.481 e. The van der Waals surface area contributed by atoms with Gasteiger partial charge in [0.15, 0.2) is 0 Å². The Morgan fingerprint density at radius 3 is 2.40 bits per heavy atom. The zero-order chi connectivity index (χ0) is 21.6. The van der Waals surface area contributed by atoms with Crippen LogP contribution in [0.4, 0.5) is 4.39 Å². The van der Waals surface area contributed by atoms with E-state index in [9.17, 15) is 14.3 Å². The topological polar surface area (TPSA) is 59.4 Å². The van der Waals surface area contributed by atoms with Crippen molar-refractivity contribution in [1.29, 1.82) is 0 Å². The van der Waals surface area contributed by atoms with E-state index in [1.165, 1.54) is 6.07 Å². The van der Waals surface area contributed by atoms with Gasteiger partial charge in [-0.3, -0.25) is 4.79 Å². The highest BCUT2D eigenvalue weighted by atomic mass is 19.1. The van der Waals surface area contributed by atoms with Gasteiger partial charge in [0.1, 0.15) is 5.82 Å². The van der Waals surface area contributed by atoms with Crippen LogP contribution in [0.25, 0.3) is 22.4 Å². The SMILES string of the molecule is CC(C)(CCCCOc1cc(-c2ccccc2)cc(-c2ccccc2F)n1)C(=O)O. The molecule has 156 valence electrons. The lowest BCUT2D eigenvalue weighted by molar-refractivity contribution is -0.147. The molecule has 5 heteroatoms. The standard InChI is InChI=1S/C25H26FNO3/c1-25(2,24(28)29)14-8-9-15-30-23-17-19(18-10-4-3-5-11-18)16-22(27-23)20-12-6-7-13-21(20)26/h3-7,10-13,16-17H,8-9,14-15H2,1-2H3,(H,28,29). The Bertz CT molecular complexity index is 1000. The second-order valence-electron chi connectivity index (χ2n) is 7.92. The molecule has 1 heterocycles. The van der Waals surface area contributed by atoms with Crippen LogP contribution in [-0.2, 0) is 4.79 Å². The fourth-order valence-electron chi connectivity index (χ4n) is 3.14. The molecule has 2 aromatic carbocycles. The van der Waals surface area contributed by atoms with Crippen molar-refractivity contribution in [2.45, 2.75) is 33.1 Å². The first kappa shape index (κ1) is 21.5. The highest BCUT2D eigenvalue weighted by molar-refractivity contribution is 5.73. The number of rotatable bonds is 9. The molecule has 0 aliphatic carbocycles. The minimum atomic E-state index is -0.796. The molecule has 3 aromatic rings. The number of pyridine rings is 1. The number of ether oxygens (including phenoxy) is 1. The summed E-state index contributed by atoms with van der Waals surface area (Å²) in [5.41, 5.74) is 2.07. The number of hydrogen-bond donors (Lipinski definition) is 1. The molecule has 0 unspecified atom stereocenters. The van der Waals surface area contributed by atoms with Gasteiger partial charge in [-0.05, 0) is 62.4 Å². The van der Waals surface area contributed by atoms with Gasteiger partial charge < -0.3 is 9.84 Å². The van der Waals surface area contributed by atoms with E-state index in [0.717, 1.165) is 17.5 Å². The van der Waals surface area contributed by atoms with Crippen molar-refractivity contribution in [3.8, 4) is 28.3 Å². The molecule has 0 atom stereocenters. The van der Waals surface area contributed by atoms with E-state index in [1.54, 1.807) is 32.0 Å². The van der Waals surface area contributed by atoms with Gasteiger partial charge in [0.2, 0.25) is 5.88 Å². The molecule has 0 fully saturated rings. The third-order valence-corrected chi connectivity index (χ3v) is 5.08. The highest BCUT2D eigenvalue weighted by Crippen LogP contribution is 2.30. The van der Waals surface area contributed by atoms with Gasteiger partial charge in [-0.2, -0.15) is 0 Å². The lowest BCUT2D eigenvalue weighted by Gasteiger charge is -2.18. The number of carboxylic acid groups (broad SMARTS) is 1. The summed E-state index contributed by atoms with van der Waals surface area (Å²) in [6.07, 6.45) is 2.02. The molecular formula is C25H26FNO3. The minimum absolute atomic E-state index is 0.336. The summed E-state index contributed by atoms with van der Waals surface area (Å²) in [5, 5.41) is 9.20. The summed E-state index contributed by atoms with van der Waals surface area (Å²) >= 11 is 0. The molecule has 0 radical (unpaired) electrons. The van der Waals surface area contributed by atoms with Gasteiger partial charge in [0, 0.05) is 11.6 Å². The van der Waals surface area contributed by atoms with E-state index in [1.807, 2.05) is 42.5 Å². The van der Waals surface area contributed by atoms with Gasteiger partial charge >= 0.3 is 5.97 Å². The molecule has 4 nitrogen and oxygen atoms in total. The summed E-state index contributed by atoms with van der Waals surface area (Å²) in [4.78, 5) is 15.7. The van der Waals surface area contributed by atoms with Crippen LogP contribution in [0, 0.1) is 11.2 Å². The first-order valence-electron chi connectivity index (χ1n) is 10.1. The molecule has 0 aliphatic rings. The van der Waals surface area contributed by atoms with Crippen molar-refractivity contribution in [3.63, 3.8) is 0 Å². The van der Waals surface area contributed by atoms with Crippen LogP contribution >= 0.6 is 0 Å². The quantitative estimate of drug-likeness (QED) is 0.428. The van der Waals surface area contributed by atoms with Crippen molar-refractivity contribution in [2.24, 2.45) is 5.41 Å². The number of nitrogens with zero attached hydrogens (tertiary/aromatic N) is 1. The number of aliphatic carboxylic acids is 1. The maximum Gasteiger partial charge on any atom is 0.309 e. The molecule has 0 saturated heterocycles. The zero-order valence-electron chi connectivity index (χ0n) is 17.3. The molecule has 30 heavy (non-hydrogen) atoms. The van der Waals surface area contributed by atoms with Crippen LogP contribution in [0.5, 0.6) is 5.88 Å². The Kier molecular flexibility index (Phi) is 6.83. The second-order valence-corrected chi connectivity index (χ2v) is 7.92. The highest BCUT2D eigenvalue weighted by Gasteiger charge is 2.26. The average molecular weight is 407 g/mol. The maximum absolute atomic E-state index is 14.3. The maximum atomic E-state index is 14.3. The van der Waals surface area contributed by atoms with E-state index in [4.69, 9.17) is 4.74 Å². The summed E-state index contributed by atoms with van der Waals surface area (Å²) in [6.45, 7) is 3.86. The lowest BCUT2D eigenvalue weighted by atomic mass is 9.87. The predicted octanol–water partition coefficient (Wildman–Crippen LogP) is 6.21. The normalized spacial score (nSPS) is 11.3. The van der Waals surface area contributed by atoms with Crippen LogP contribution in [-0.4, -0.2) is 22.7 Å². The third kappa shape index (κ3) is 5.44. The molecule has 0 aliphatic heterocycles. The monoisotopic (exact) mass is 407 g/mol. The Hall–Kier alpha value is -3.21. The molecule has 3 rings (SSSR count). The van der Waals surface area contributed by atoms with Crippen LogP contribution in [0.2, 0.25) is 0 Å².